The molecule has 0 spiro atoms. The second kappa shape index (κ2) is 46.3. The number of hydrogen-bond acceptors (Lipinski definition) is 12. The van der Waals surface area contributed by atoms with Crippen molar-refractivity contribution in [1.82, 2.24) is 20.4 Å². The average molecular weight is 1030 g/mol. The molecule has 0 aromatic carbocycles. The lowest BCUT2D eigenvalue weighted by Crippen LogP contribution is -2.62. The number of carbonyl (C=O) groups is 4. The third kappa shape index (κ3) is 38.3. The van der Waals surface area contributed by atoms with Crippen molar-refractivity contribution in [1.29, 1.82) is 0 Å². The second-order valence-electron chi connectivity index (χ2n) is 20.7. The number of thioether (sulfide) groups is 2. The Bertz CT molecular complexity index is 1140. The first-order valence-electron chi connectivity index (χ1n) is 29.0. The van der Waals surface area contributed by atoms with Gasteiger partial charge < -0.3 is 31.1 Å². The zero-order valence-electron chi connectivity index (χ0n) is 45.3. The van der Waals surface area contributed by atoms with Crippen molar-refractivity contribution < 1.29 is 39.6 Å². The standard InChI is InChI=1S/C56H108N4O8S2/c1-5-9-13-17-21-25-33-47(61)43-59(44-48(62)34-26-22-18-14-10-6-2)37-29-31-39-69-53(65)41-51-55(67)58-52(56(68)57-51)42-54(66)70-40-32-30-38-60(45-49(63)35-27-23-19-15-11-7-3)46-50(64)36-28-24-20-16-12-8-4/h47-52,61-64H,5-46H2,1-4H3,(H,57,68)(H,58,67). The van der Waals surface area contributed by atoms with Crippen LogP contribution in [0.1, 0.15) is 246 Å². The zero-order valence-corrected chi connectivity index (χ0v) is 46.9. The molecule has 2 amide bonds. The van der Waals surface area contributed by atoms with Crippen LogP contribution < -0.4 is 10.6 Å². The van der Waals surface area contributed by atoms with E-state index in [1.807, 2.05) is 0 Å². The first kappa shape index (κ1) is 66.8. The molecule has 14 heteroatoms. The van der Waals surface area contributed by atoms with Crippen LogP contribution in [0.25, 0.3) is 0 Å². The molecule has 1 heterocycles. The SMILES string of the molecule is CCCCCCCCC(O)CN(CCCCSC(=O)CC1NC(=O)C(CC(=O)SCCCCN(CC(O)CCCCCCCC)CC(O)CCCCCCCC)NC1=O)CC(O)CCCCCCCC. The molecule has 1 rings (SSSR count). The molecule has 1 aliphatic rings. The van der Waals surface area contributed by atoms with Crippen molar-refractivity contribution in [2.24, 2.45) is 0 Å². The van der Waals surface area contributed by atoms with Gasteiger partial charge in [0.2, 0.25) is 11.8 Å². The Morgan fingerprint density at radius 1 is 0.414 bits per heavy atom. The molecular formula is C56H108N4O8S2. The Balaban J connectivity index is 2.49. The van der Waals surface area contributed by atoms with Gasteiger partial charge in [-0.1, -0.05) is 205 Å². The van der Waals surface area contributed by atoms with Gasteiger partial charge in [-0.3, -0.25) is 29.0 Å². The number of nitrogens with zero attached hydrogens (tertiary/aromatic N) is 2. The summed E-state index contributed by atoms with van der Waals surface area (Å²) in [6.45, 7) is 12.4. The number of carbonyl (C=O) groups excluding carboxylic acids is 4. The van der Waals surface area contributed by atoms with Crippen LogP contribution in [0, 0.1) is 0 Å². The first-order valence-corrected chi connectivity index (χ1v) is 31.0. The number of rotatable bonds is 50. The summed E-state index contributed by atoms with van der Waals surface area (Å²) in [7, 11) is 0. The van der Waals surface area contributed by atoms with E-state index in [0.717, 1.165) is 139 Å². The van der Waals surface area contributed by atoms with Gasteiger partial charge in [0, 0.05) is 50.5 Å². The van der Waals surface area contributed by atoms with Crippen molar-refractivity contribution in [2.45, 2.75) is 283 Å². The summed E-state index contributed by atoms with van der Waals surface area (Å²) >= 11 is 2.32. The average Bonchev–Trinajstić information content (AvgIpc) is 3.32. The van der Waals surface area contributed by atoms with Crippen molar-refractivity contribution in [2.75, 3.05) is 50.8 Å². The molecule has 6 N–H and O–H groups in total. The maximum Gasteiger partial charge on any atom is 0.243 e. The highest BCUT2D eigenvalue weighted by molar-refractivity contribution is 8.13. The molecule has 0 aromatic rings. The molecule has 412 valence electrons. The van der Waals surface area contributed by atoms with Crippen LogP contribution in [0.15, 0.2) is 0 Å². The van der Waals surface area contributed by atoms with E-state index >= 15 is 0 Å². The van der Waals surface area contributed by atoms with Gasteiger partial charge in [-0.25, -0.2) is 0 Å². The third-order valence-electron chi connectivity index (χ3n) is 13.7. The number of aliphatic hydroxyl groups is 4. The highest BCUT2D eigenvalue weighted by atomic mass is 32.2. The van der Waals surface area contributed by atoms with Crippen molar-refractivity contribution in [3.8, 4) is 0 Å². The van der Waals surface area contributed by atoms with E-state index in [0.29, 0.717) is 37.7 Å². The largest absolute Gasteiger partial charge is 0.392 e. The summed E-state index contributed by atoms with van der Waals surface area (Å²) in [5.41, 5.74) is 0. The number of amides is 2. The Labute approximate surface area is 436 Å². The predicted molar refractivity (Wildman–Crippen MR) is 295 cm³/mol. The molecule has 0 saturated carbocycles. The lowest BCUT2D eigenvalue weighted by Gasteiger charge is -2.29. The molecule has 0 aliphatic carbocycles. The predicted octanol–water partition coefficient (Wildman–Crippen LogP) is 10.9. The van der Waals surface area contributed by atoms with Gasteiger partial charge in [0.15, 0.2) is 10.2 Å². The summed E-state index contributed by atoms with van der Waals surface area (Å²) in [6, 6.07) is -1.94. The fourth-order valence-electron chi connectivity index (χ4n) is 9.37. The maximum atomic E-state index is 13.0. The van der Waals surface area contributed by atoms with Crippen LogP contribution >= 0.6 is 23.5 Å². The van der Waals surface area contributed by atoms with Crippen LogP contribution in [-0.2, 0) is 19.2 Å². The van der Waals surface area contributed by atoms with Gasteiger partial charge in [-0.05, 0) is 64.5 Å². The lowest BCUT2D eigenvalue weighted by molar-refractivity contribution is -0.138. The Hall–Kier alpha value is -1.26. The Morgan fingerprint density at radius 3 is 0.943 bits per heavy atom. The van der Waals surface area contributed by atoms with Crippen LogP contribution in [0.5, 0.6) is 0 Å². The Morgan fingerprint density at radius 2 is 0.671 bits per heavy atom. The molecular weight excluding hydrogens is 921 g/mol. The topological polar surface area (TPSA) is 180 Å². The fraction of sp³-hybridized carbons (Fsp3) is 0.929. The summed E-state index contributed by atoms with van der Waals surface area (Å²) in [4.78, 5) is 56.2. The number of unbranched alkanes of at least 4 members (excludes halogenated alkanes) is 22. The Kier molecular flexibility index (Phi) is 44.1. The summed E-state index contributed by atoms with van der Waals surface area (Å²) < 4.78 is 0. The summed E-state index contributed by atoms with van der Waals surface area (Å²) in [5, 5.41) is 48.5. The molecule has 1 fully saturated rings. The van der Waals surface area contributed by atoms with Crippen molar-refractivity contribution in [3.05, 3.63) is 0 Å². The smallest absolute Gasteiger partial charge is 0.243 e. The molecule has 70 heavy (non-hydrogen) atoms. The molecule has 1 aliphatic heterocycles. The third-order valence-corrected chi connectivity index (χ3v) is 15.7. The normalized spacial score (nSPS) is 16.9. The minimum Gasteiger partial charge on any atom is -0.392 e. The quantitative estimate of drug-likeness (QED) is 0.0318. The van der Waals surface area contributed by atoms with Crippen LogP contribution in [0.2, 0.25) is 0 Å². The molecule has 0 bridgehead atoms. The van der Waals surface area contributed by atoms with Gasteiger partial charge in [-0.2, -0.15) is 0 Å². The molecule has 0 aromatic heterocycles. The number of piperazine rings is 1. The van der Waals surface area contributed by atoms with Gasteiger partial charge in [0.05, 0.1) is 24.4 Å². The zero-order chi connectivity index (χ0) is 51.5. The van der Waals surface area contributed by atoms with Crippen molar-refractivity contribution in [3.63, 3.8) is 0 Å². The van der Waals surface area contributed by atoms with Gasteiger partial charge in [0.1, 0.15) is 12.1 Å². The van der Waals surface area contributed by atoms with E-state index < -0.39 is 48.3 Å². The van der Waals surface area contributed by atoms with Crippen LogP contribution in [-0.4, -0.2) is 140 Å². The monoisotopic (exact) mass is 1030 g/mol. The van der Waals surface area contributed by atoms with Gasteiger partial charge >= 0.3 is 0 Å². The van der Waals surface area contributed by atoms with Gasteiger partial charge in [-0.15, -0.1) is 0 Å². The van der Waals surface area contributed by atoms with Crippen molar-refractivity contribution >= 4 is 45.6 Å². The van der Waals surface area contributed by atoms with Crippen LogP contribution in [0.4, 0.5) is 0 Å². The second-order valence-corrected chi connectivity index (χ2v) is 23.1. The van der Waals surface area contributed by atoms with Crippen LogP contribution in [0.3, 0.4) is 0 Å². The summed E-state index contributed by atoms with van der Waals surface area (Å²) in [5.74, 6) is 0.237. The molecule has 1 saturated heterocycles. The minimum atomic E-state index is -0.972. The highest BCUT2D eigenvalue weighted by Crippen LogP contribution is 2.19. The maximum absolute atomic E-state index is 13.0. The molecule has 6 unspecified atom stereocenters. The van der Waals surface area contributed by atoms with Gasteiger partial charge in [0.25, 0.3) is 0 Å². The van der Waals surface area contributed by atoms with E-state index in [-0.39, 0.29) is 23.1 Å². The van der Waals surface area contributed by atoms with E-state index in [4.69, 9.17) is 0 Å². The minimum absolute atomic E-state index is 0.123. The lowest BCUT2D eigenvalue weighted by atomic mass is 10.1. The fourth-order valence-corrected chi connectivity index (χ4v) is 11.1. The first-order chi connectivity index (χ1) is 33.9. The summed E-state index contributed by atoms with van der Waals surface area (Å²) in [6.07, 6.45) is 32.6. The number of hydrogen-bond donors (Lipinski definition) is 6. The molecule has 12 nitrogen and oxygen atoms in total. The molecule has 6 atom stereocenters. The molecule has 0 radical (unpaired) electrons. The number of nitrogens with one attached hydrogen (secondary N) is 2. The van der Waals surface area contributed by atoms with E-state index in [1.165, 1.54) is 103 Å². The highest BCUT2D eigenvalue weighted by Gasteiger charge is 2.36. The van der Waals surface area contributed by atoms with E-state index in [1.54, 1.807) is 0 Å². The van der Waals surface area contributed by atoms with E-state index in [2.05, 4.69) is 48.1 Å². The van der Waals surface area contributed by atoms with E-state index in [9.17, 15) is 39.6 Å². The number of aliphatic hydroxyl groups excluding tert-OH is 4.